The molecule has 5 nitrogen and oxygen atoms in total. The summed E-state index contributed by atoms with van der Waals surface area (Å²) in [6.07, 6.45) is 3.71. The lowest BCUT2D eigenvalue weighted by atomic mass is 9.81. The van der Waals surface area contributed by atoms with E-state index in [9.17, 15) is 0 Å². The molecule has 21 rings (SSSR count). The highest BCUT2D eigenvalue weighted by Crippen LogP contribution is 2.57. The highest BCUT2D eigenvalue weighted by atomic mass is 31.2. The zero-order chi connectivity index (χ0) is 67.0. The molecule has 17 aromatic rings. The largest absolute Gasteiger partial charge is 0.309 e. The van der Waals surface area contributed by atoms with Gasteiger partial charge in [0, 0.05) is 88.0 Å². The number of nitrogens with zero attached hydrogens (tertiary/aromatic N) is 3. The fraction of sp³-hybridized carbons (Fsp3) is 0.0645. The van der Waals surface area contributed by atoms with Crippen molar-refractivity contribution in [3.8, 4) is 78.1 Å². The third-order valence-electron chi connectivity index (χ3n) is 22.5. The van der Waals surface area contributed by atoms with Crippen molar-refractivity contribution in [2.45, 2.75) is 38.5 Å². The maximum Gasteiger partial charge on any atom is 0.172 e. The van der Waals surface area contributed by atoms with Gasteiger partial charge in [0.2, 0.25) is 0 Å². The Kier molecular flexibility index (Phi) is 12.6. The minimum atomic E-state index is -3.06. The van der Waals surface area contributed by atoms with Crippen molar-refractivity contribution in [2.24, 2.45) is 0 Å². The maximum atomic E-state index is 15.4. The van der Waals surface area contributed by atoms with E-state index < -0.39 is 14.3 Å². The first-order valence-corrected chi connectivity index (χ1v) is 37.9. The van der Waals surface area contributed by atoms with Gasteiger partial charge in [-0.15, -0.1) is 0 Å². The highest BCUT2D eigenvalue weighted by molar-refractivity contribution is 7.87. The van der Waals surface area contributed by atoms with Crippen LogP contribution in [0.2, 0.25) is 0 Å². The molecule has 2 atom stereocenters. The van der Waals surface area contributed by atoms with Crippen molar-refractivity contribution in [1.82, 2.24) is 14.1 Å². The molecule has 0 saturated carbocycles. The zero-order valence-electron chi connectivity index (χ0n) is 55.7. The second-order valence-corrected chi connectivity index (χ2v) is 33.8. The van der Waals surface area contributed by atoms with E-state index in [4.69, 9.17) is 0 Å². The second-order valence-electron chi connectivity index (χ2n) is 28.4. The maximum absolute atomic E-state index is 15.4. The van der Waals surface area contributed by atoms with Crippen molar-refractivity contribution in [2.75, 3.05) is 0 Å². The molecule has 100 heavy (non-hydrogen) atoms. The monoisotopic (exact) mass is 1320 g/mol. The average molecular weight is 1320 g/mol. The van der Waals surface area contributed by atoms with Crippen LogP contribution in [0.15, 0.2) is 322 Å². The summed E-state index contributed by atoms with van der Waals surface area (Å²) in [5.74, 6) is 0. The molecule has 0 bridgehead atoms. The van der Waals surface area contributed by atoms with Gasteiger partial charge in [-0.25, -0.2) is 0 Å². The first kappa shape index (κ1) is 58.7. The van der Waals surface area contributed by atoms with Crippen LogP contribution in [-0.4, -0.2) is 14.1 Å². The lowest BCUT2D eigenvalue weighted by Gasteiger charge is -2.23. The number of para-hydroxylation sites is 2. The van der Waals surface area contributed by atoms with Crippen LogP contribution < -0.4 is 31.8 Å². The van der Waals surface area contributed by atoms with Crippen LogP contribution in [0.1, 0.15) is 49.9 Å². The topological polar surface area (TPSA) is 56.9 Å². The fourth-order valence-electron chi connectivity index (χ4n) is 17.6. The molecule has 0 N–H and O–H groups in total. The smallest absolute Gasteiger partial charge is 0.172 e. The molecule has 3 aromatic heterocycles. The lowest BCUT2D eigenvalue weighted by Crippen LogP contribution is -2.20. The molecule has 2 aliphatic heterocycles. The fourth-order valence-corrected chi connectivity index (χ4v) is 23.7. The molecule has 0 fully saturated rings. The normalized spacial score (nSPS) is 16.7. The first-order chi connectivity index (χ1) is 48.8. The third kappa shape index (κ3) is 8.28. The van der Waals surface area contributed by atoms with E-state index in [-0.39, 0.29) is 10.8 Å². The number of hydrogen-bond acceptors (Lipinski definition) is 3. The van der Waals surface area contributed by atoms with Gasteiger partial charge < -0.3 is 18.3 Å². The van der Waals surface area contributed by atoms with E-state index in [0.717, 1.165) is 104 Å². The van der Waals surface area contributed by atoms with Crippen LogP contribution in [0, 0.1) is 0 Å². The molecular formula is C93H65N3O2P2. The van der Waals surface area contributed by atoms with Gasteiger partial charge in [-0.05, 0) is 191 Å². The summed E-state index contributed by atoms with van der Waals surface area (Å²) in [6.45, 7) is 9.41. The van der Waals surface area contributed by atoms with Crippen LogP contribution in [0.5, 0.6) is 0 Å². The van der Waals surface area contributed by atoms with Crippen LogP contribution in [-0.2, 0) is 20.0 Å². The summed E-state index contributed by atoms with van der Waals surface area (Å²) in [4.78, 5) is 4.22. The zero-order valence-corrected chi connectivity index (χ0v) is 57.4. The molecule has 2 unspecified atom stereocenters. The Morgan fingerprint density at radius 3 is 1.16 bits per heavy atom. The molecule has 0 radical (unpaired) electrons. The van der Waals surface area contributed by atoms with Gasteiger partial charge >= 0.3 is 0 Å². The van der Waals surface area contributed by atoms with E-state index in [1.54, 1.807) is 0 Å². The molecule has 2 aliphatic carbocycles. The second kappa shape index (κ2) is 21.5. The molecule has 14 aromatic carbocycles. The summed E-state index contributed by atoms with van der Waals surface area (Å²) < 4.78 is 35.5. The van der Waals surface area contributed by atoms with Gasteiger partial charge in [0.25, 0.3) is 0 Å². The minimum Gasteiger partial charge on any atom is -0.309 e. The molecule has 474 valence electrons. The third-order valence-corrected chi connectivity index (χ3v) is 28.8. The van der Waals surface area contributed by atoms with Gasteiger partial charge in [-0.1, -0.05) is 246 Å². The van der Waals surface area contributed by atoms with E-state index in [2.05, 4.69) is 278 Å². The van der Waals surface area contributed by atoms with Crippen molar-refractivity contribution in [3.05, 3.63) is 344 Å². The highest BCUT2D eigenvalue weighted by Gasteiger charge is 2.44. The van der Waals surface area contributed by atoms with E-state index in [1.165, 1.54) is 82.9 Å². The molecule has 0 spiro atoms. The Morgan fingerprint density at radius 1 is 0.270 bits per heavy atom. The van der Waals surface area contributed by atoms with Crippen molar-refractivity contribution in [3.63, 3.8) is 0 Å². The number of aromatic nitrogens is 3. The summed E-state index contributed by atoms with van der Waals surface area (Å²) in [5.41, 5.74) is 26.1. The molecule has 0 saturated heterocycles. The van der Waals surface area contributed by atoms with E-state index >= 15 is 9.13 Å². The van der Waals surface area contributed by atoms with Crippen LogP contribution >= 0.6 is 14.3 Å². The summed E-state index contributed by atoms with van der Waals surface area (Å²) in [6, 6.07) is 110. The molecule has 4 aliphatic rings. The Balaban J connectivity index is 0.000000135. The Morgan fingerprint density at radius 2 is 0.660 bits per heavy atom. The number of benzene rings is 14. The molecule has 7 heteroatoms. The van der Waals surface area contributed by atoms with Gasteiger partial charge in [0.05, 0.1) is 22.1 Å². The van der Waals surface area contributed by atoms with Gasteiger partial charge in [0.15, 0.2) is 14.3 Å². The molecule has 0 amide bonds. The number of rotatable bonds is 6. The number of pyridine rings is 1. The van der Waals surface area contributed by atoms with Crippen molar-refractivity contribution < 1.29 is 9.13 Å². The van der Waals surface area contributed by atoms with Crippen LogP contribution in [0.25, 0.3) is 133 Å². The summed E-state index contributed by atoms with van der Waals surface area (Å²) >= 11 is 0. The van der Waals surface area contributed by atoms with E-state index in [1.807, 2.05) is 85.2 Å². The quantitative estimate of drug-likeness (QED) is 0.156. The minimum absolute atomic E-state index is 0.176. The molecule has 5 heterocycles. The van der Waals surface area contributed by atoms with E-state index in [0.29, 0.717) is 0 Å². The number of hydrogen-bond donors (Lipinski definition) is 0. The standard InChI is InChI=1S/C49H34NOP.C44H31N2OP/c1-49(2)43-27-34(33-21-20-31-12-6-7-13-32(31)26-33)22-24-37(43)38-25-23-35(28-44(38)49)50-45-18-10-8-16-39(45)41-30-48-42(29-46(41)50)40-17-9-11-19-47(40)52(48,51)36-14-4-3-5-15-36;1-44(2)38-24-29(28-20-22-45-23-21-28)16-18-32(38)33-19-17-30(25-39(33)44)46-40-14-8-6-12-34(40)36-27-43-37(26-41(36)46)35-13-7-9-15-42(35)48(43,47)31-10-4-3-5-11-31/h3-30H,1-2H3;3-27H,1-2H3. The van der Waals surface area contributed by atoms with Crippen LogP contribution in [0.3, 0.4) is 0 Å². The Labute approximate surface area is 580 Å². The van der Waals surface area contributed by atoms with Gasteiger partial charge in [-0.3, -0.25) is 4.98 Å². The van der Waals surface area contributed by atoms with Crippen LogP contribution in [0.4, 0.5) is 0 Å². The van der Waals surface area contributed by atoms with Crippen molar-refractivity contribution >= 4 is 100 Å². The summed E-state index contributed by atoms with van der Waals surface area (Å²) in [7, 11) is -6.11. The average Bonchev–Trinajstić information content (AvgIpc) is 1.56. The SMILES string of the molecule is CC1(C)c2cc(-c3ccc4ccccc4c3)ccc2-c2ccc(-n3c4ccccc4c4cc5c(cc43)-c3ccccc3P5(=O)c3ccccc3)cc21.CC1(C)c2cc(-c3ccncc3)ccc2-c2ccc(-n3c4ccccc4c4cc5c(cc43)-c3ccccc3P5(=O)c3ccccc3)cc21. The van der Waals surface area contributed by atoms with Gasteiger partial charge in [0.1, 0.15) is 0 Å². The Bertz CT molecular complexity index is 6480. The summed E-state index contributed by atoms with van der Waals surface area (Å²) in [5, 5.41) is 12.6. The first-order valence-electron chi connectivity index (χ1n) is 34.5. The van der Waals surface area contributed by atoms with Gasteiger partial charge in [-0.2, -0.15) is 0 Å². The number of fused-ring (bicyclic) bond motifs is 19. The predicted molar refractivity (Wildman–Crippen MR) is 420 cm³/mol. The molecular weight excluding hydrogens is 1250 g/mol. The van der Waals surface area contributed by atoms with Crippen molar-refractivity contribution in [1.29, 1.82) is 0 Å². The predicted octanol–water partition coefficient (Wildman–Crippen LogP) is 21.3. The lowest BCUT2D eigenvalue weighted by molar-refractivity contribution is 0.592. The Hall–Kier alpha value is -11.5.